The lowest BCUT2D eigenvalue weighted by Crippen LogP contribution is -2.08. The van der Waals surface area contributed by atoms with Gasteiger partial charge in [-0.05, 0) is 19.1 Å². The van der Waals surface area contributed by atoms with Gasteiger partial charge in [-0.3, -0.25) is 4.79 Å². The Morgan fingerprint density at radius 3 is 2.71 bits per heavy atom. The second-order valence-electron chi connectivity index (χ2n) is 6.65. The zero-order valence-corrected chi connectivity index (χ0v) is 16.4. The average Bonchev–Trinajstić information content (AvgIpc) is 3.09. The van der Waals surface area contributed by atoms with E-state index in [4.69, 9.17) is 4.74 Å². The Balaban J connectivity index is 1.75. The van der Waals surface area contributed by atoms with Gasteiger partial charge >= 0.3 is 5.97 Å². The first-order valence-corrected chi connectivity index (χ1v) is 9.42. The summed E-state index contributed by atoms with van der Waals surface area (Å²) in [6.07, 6.45) is 2.12. The molecule has 10 heteroatoms. The van der Waals surface area contributed by atoms with Gasteiger partial charge in [-0.25, -0.2) is 23.4 Å². The normalized spacial score (nSPS) is 11.1. The van der Waals surface area contributed by atoms with Crippen molar-refractivity contribution < 1.29 is 23.4 Å². The number of pyridine rings is 1. The zero-order chi connectivity index (χ0) is 22.0. The van der Waals surface area contributed by atoms with Gasteiger partial charge in [0.25, 0.3) is 0 Å². The van der Waals surface area contributed by atoms with Crippen molar-refractivity contribution >= 4 is 17.0 Å². The minimum absolute atomic E-state index is 0.00907. The van der Waals surface area contributed by atoms with Crippen LogP contribution in [0.3, 0.4) is 0 Å². The summed E-state index contributed by atoms with van der Waals surface area (Å²) in [5.74, 6) is -1.94. The molecule has 0 bridgehead atoms. The summed E-state index contributed by atoms with van der Waals surface area (Å²) in [5, 5.41) is 14.9. The van der Waals surface area contributed by atoms with Gasteiger partial charge in [-0.1, -0.05) is 18.2 Å². The molecule has 4 rings (SSSR count). The first-order chi connectivity index (χ1) is 15.0. The van der Waals surface area contributed by atoms with Crippen LogP contribution in [0.2, 0.25) is 0 Å². The van der Waals surface area contributed by atoms with E-state index in [1.807, 2.05) is 0 Å². The van der Waals surface area contributed by atoms with Crippen molar-refractivity contribution in [3.8, 4) is 17.4 Å². The van der Waals surface area contributed by atoms with E-state index < -0.39 is 23.5 Å². The maximum absolute atomic E-state index is 14.1. The summed E-state index contributed by atoms with van der Waals surface area (Å²) in [7, 11) is 0. The summed E-state index contributed by atoms with van der Waals surface area (Å²) < 4.78 is 34.3. The summed E-state index contributed by atoms with van der Waals surface area (Å²) in [6.45, 7) is 1.94. The largest absolute Gasteiger partial charge is 0.493 e. The summed E-state index contributed by atoms with van der Waals surface area (Å²) in [6, 6.07) is 7.43. The molecule has 0 amide bonds. The second kappa shape index (κ2) is 8.42. The lowest BCUT2D eigenvalue weighted by Gasteiger charge is -2.05. The van der Waals surface area contributed by atoms with Crippen LogP contribution in [0.4, 0.5) is 8.78 Å². The molecule has 0 fully saturated rings. The van der Waals surface area contributed by atoms with E-state index in [1.165, 1.54) is 23.0 Å². The van der Waals surface area contributed by atoms with Crippen LogP contribution in [0.5, 0.6) is 5.88 Å². The van der Waals surface area contributed by atoms with Gasteiger partial charge in [0.2, 0.25) is 5.88 Å². The number of aromatic nitrogens is 5. The van der Waals surface area contributed by atoms with Crippen LogP contribution in [-0.2, 0) is 22.5 Å². The fraction of sp³-hybridized carbons (Fsp3) is 0.190. The van der Waals surface area contributed by atoms with E-state index in [9.17, 15) is 18.7 Å². The monoisotopic (exact) mass is 425 g/mol. The van der Waals surface area contributed by atoms with E-state index in [0.29, 0.717) is 16.6 Å². The van der Waals surface area contributed by atoms with Gasteiger partial charge in [-0.2, -0.15) is 10.1 Å². The van der Waals surface area contributed by atoms with Gasteiger partial charge in [0.1, 0.15) is 17.3 Å². The highest BCUT2D eigenvalue weighted by Crippen LogP contribution is 2.28. The fourth-order valence-corrected chi connectivity index (χ4v) is 3.10. The van der Waals surface area contributed by atoms with E-state index in [0.717, 1.165) is 6.20 Å². The topological polar surface area (TPSA) is 103 Å². The first kappa shape index (κ1) is 20.3. The number of benzene rings is 1. The van der Waals surface area contributed by atoms with Crippen LogP contribution in [0.1, 0.15) is 18.1 Å². The number of carbonyl (C=O) groups excluding carboxylic acids is 1. The van der Waals surface area contributed by atoms with Crippen LogP contribution in [-0.4, -0.2) is 42.4 Å². The highest BCUT2D eigenvalue weighted by Gasteiger charge is 2.20. The third-order valence-electron chi connectivity index (χ3n) is 4.53. The third-order valence-corrected chi connectivity index (χ3v) is 4.53. The molecule has 31 heavy (non-hydrogen) atoms. The van der Waals surface area contributed by atoms with Gasteiger partial charge in [0, 0.05) is 17.3 Å². The molecular formula is C21H17F2N5O3. The molecule has 0 spiro atoms. The molecule has 0 radical (unpaired) electrons. The molecule has 0 aliphatic heterocycles. The molecule has 0 saturated carbocycles. The second-order valence-corrected chi connectivity index (χ2v) is 6.65. The van der Waals surface area contributed by atoms with E-state index in [-0.39, 0.29) is 36.7 Å². The average molecular weight is 425 g/mol. The minimum atomic E-state index is -0.595. The number of hydrogen-bond donors (Lipinski definition) is 1. The predicted octanol–water partition coefficient (Wildman–Crippen LogP) is 3.03. The molecule has 0 unspecified atom stereocenters. The van der Waals surface area contributed by atoms with Gasteiger partial charge in [0.15, 0.2) is 11.5 Å². The van der Waals surface area contributed by atoms with Crippen molar-refractivity contribution in [3.63, 3.8) is 0 Å². The van der Waals surface area contributed by atoms with Gasteiger partial charge in [-0.15, -0.1) is 0 Å². The first-order valence-electron chi connectivity index (χ1n) is 9.42. The Kier molecular flexibility index (Phi) is 5.52. The fourth-order valence-electron chi connectivity index (χ4n) is 3.10. The summed E-state index contributed by atoms with van der Waals surface area (Å²) in [5.41, 5.74) is 1.02. The van der Waals surface area contributed by atoms with Crippen LogP contribution in [0.25, 0.3) is 22.6 Å². The Morgan fingerprint density at radius 2 is 1.97 bits per heavy atom. The molecule has 1 aromatic carbocycles. The van der Waals surface area contributed by atoms with Gasteiger partial charge < -0.3 is 9.84 Å². The zero-order valence-electron chi connectivity index (χ0n) is 16.4. The molecule has 3 aromatic heterocycles. The highest BCUT2D eigenvalue weighted by molar-refractivity contribution is 5.89. The van der Waals surface area contributed by atoms with Crippen LogP contribution in [0, 0.1) is 11.6 Å². The van der Waals surface area contributed by atoms with Crippen LogP contribution < -0.4 is 0 Å². The maximum Gasteiger partial charge on any atom is 0.310 e. The van der Waals surface area contributed by atoms with Crippen molar-refractivity contribution in [2.45, 2.75) is 19.9 Å². The number of rotatable bonds is 6. The standard InChI is InChI=1S/C21H17F2N5O3/c1-2-31-17(29)7-13-9-24-19(26-21(13)30)18-15-8-14(22)10-25-20(15)28(27-18)11-12-5-3-4-6-16(12)23/h3-6,8-10H,2,7,11H2,1H3,(H,24,26,30). The van der Waals surface area contributed by atoms with Crippen LogP contribution in [0.15, 0.2) is 42.7 Å². The summed E-state index contributed by atoms with van der Waals surface area (Å²) in [4.78, 5) is 23.9. The van der Waals surface area contributed by atoms with Crippen molar-refractivity contribution in [1.29, 1.82) is 0 Å². The number of nitrogens with zero attached hydrogens (tertiary/aromatic N) is 5. The quantitative estimate of drug-likeness (QED) is 0.474. The molecule has 158 valence electrons. The predicted molar refractivity (Wildman–Crippen MR) is 106 cm³/mol. The Bertz CT molecular complexity index is 1280. The Hall–Kier alpha value is -3.95. The van der Waals surface area contributed by atoms with E-state index in [1.54, 1.807) is 25.1 Å². The number of ether oxygens (including phenoxy) is 1. The third kappa shape index (κ3) is 4.18. The lowest BCUT2D eigenvalue weighted by atomic mass is 10.2. The van der Waals surface area contributed by atoms with Crippen molar-refractivity contribution in [2.75, 3.05) is 6.61 Å². The molecular weight excluding hydrogens is 408 g/mol. The number of esters is 1. The van der Waals surface area contributed by atoms with Crippen LogP contribution >= 0.6 is 0 Å². The molecule has 0 saturated heterocycles. The molecule has 8 nitrogen and oxygen atoms in total. The van der Waals surface area contributed by atoms with Crippen molar-refractivity contribution in [3.05, 3.63) is 65.5 Å². The Labute approximate surface area is 175 Å². The SMILES string of the molecule is CCOC(=O)Cc1cnc(-c2nn(Cc3ccccc3F)c3ncc(F)cc23)nc1O. The number of fused-ring (bicyclic) bond motifs is 1. The van der Waals surface area contributed by atoms with Crippen molar-refractivity contribution in [2.24, 2.45) is 0 Å². The number of aromatic hydroxyl groups is 1. The summed E-state index contributed by atoms with van der Waals surface area (Å²) >= 11 is 0. The van der Waals surface area contributed by atoms with Gasteiger partial charge in [0.05, 0.1) is 31.2 Å². The van der Waals surface area contributed by atoms with E-state index in [2.05, 4.69) is 20.1 Å². The molecule has 0 aliphatic carbocycles. The van der Waals surface area contributed by atoms with Crippen molar-refractivity contribution in [1.82, 2.24) is 24.7 Å². The number of carbonyl (C=O) groups is 1. The molecule has 4 aromatic rings. The molecule has 0 atom stereocenters. The number of halogens is 2. The maximum atomic E-state index is 14.1. The smallest absolute Gasteiger partial charge is 0.310 e. The molecule has 0 aliphatic rings. The lowest BCUT2D eigenvalue weighted by molar-refractivity contribution is -0.142. The highest BCUT2D eigenvalue weighted by atomic mass is 19.1. The minimum Gasteiger partial charge on any atom is -0.493 e. The molecule has 3 heterocycles. The molecule has 1 N–H and O–H groups in total. The number of hydrogen-bond acceptors (Lipinski definition) is 7. The Morgan fingerprint density at radius 1 is 1.16 bits per heavy atom. The van der Waals surface area contributed by atoms with E-state index >= 15 is 0 Å².